The van der Waals surface area contributed by atoms with Crippen LogP contribution >= 0.6 is 0 Å². The predicted octanol–water partition coefficient (Wildman–Crippen LogP) is 1.93. The number of benzene rings is 1. The lowest BCUT2D eigenvalue weighted by Crippen LogP contribution is -2.07. The molecule has 0 aromatic heterocycles. The number of aliphatic carboxylic acids is 1. The molecule has 0 aliphatic heterocycles. The molecule has 0 bridgehead atoms. The zero-order chi connectivity index (χ0) is 10.4. The van der Waals surface area contributed by atoms with E-state index in [9.17, 15) is 4.79 Å². The first-order valence-electron chi connectivity index (χ1n) is 4.24. The van der Waals surface area contributed by atoms with Crippen LogP contribution in [0.5, 0.6) is 0 Å². The lowest BCUT2D eigenvalue weighted by Gasteiger charge is -2.05. The van der Waals surface area contributed by atoms with Crippen LogP contribution in [0.2, 0.25) is 0 Å². The second-order valence-electron chi connectivity index (χ2n) is 2.79. The Balaban J connectivity index is 2.57. The van der Waals surface area contributed by atoms with E-state index in [0.29, 0.717) is 6.61 Å². The molecule has 1 rings (SSSR count). The quantitative estimate of drug-likeness (QED) is 0.775. The van der Waals surface area contributed by atoms with Crippen molar-refractivity contribution in [1.82, 2.24) is 0 Å². The molecule has 0 unspecified atom stereocenters. The zero-order valence-electron chi connectivity index (χ0n) is 7.77. The molecule has 0 atom stereocenters. The first-order valence-corrected chi connectivity index (χ1v) is 4.24. The fourth-order valence-corrected chi connectivity index (χ4v) is 1.11. The first-order chi connectivity index (χ1) is 6.74. The van der Waals surface area contributed by atoms with E-state index in [2.05, 4.69) is 6.58 Å². The Morgan fingerprint density at radius 2 is 2.21 bits per heavy atom. The fraction of sp³-hybridized carbons (Fsp3) is 0.182. The molecule has 0 amide bonds. The molecule has 0 saturated carbocycles. The van der Waals surface area contributed by atoms with E-state index in [4.69, 9.17) is 9.84 Å². The summed E-state index contributed by atoms with van der Waals surface area (Å²) in [4.78, 5) is 10.2. The molecular formula is C11H12O3. The number of ether oxygens (including phenoxy) is 1. The van der Waals surface area contributed by atoms with Crippen molar-refractivity contribution >= 4 is 12.0 Å². The third-order valence-electron chi connectivity index (χ3n) is 1.76. The molecule has 1 N–H and O–H groups in total. The van der Waals surface area contributed by atoms with E-state index in [1.165, 1.54) is 0 Å². The van der Waals surface area contributed by atoms with Crippen molar-refractivity contribution in [2.24, 2.45) is 0 Å². The van der Waals surface area contributed by atoms with Gasteiger partial charge in [-0.25, -0.2) is 4.79 Å². The standard InChI is InChI=1S/C11H12O3/c1-2-9-5-3-4-6-10(9)7-14-8-11(12)13/h2-6H,1,7-8H2,(H,12,13). The average molecular weight is 192 g/mol. The number of rotatable bonds is 5. The van der Waals surface area contributed by atoms with Crippen molar-refractivity contribution in [3.63, 3.8) is 0 Å². The number of carboxylic acids is 1. The van der Waals surface area contributed by atoms with Crippen LogP contribution < -0.4 is 0 Å². The van der Waals surface area contributed by atoms with Gasteiger partial charge in [-0.3, -0.25) is 0 Å². The minimum absolute atomic E-state index is 0.272. The molecule has 0 radical (unpaired) electrons. The maximum atomic E-state index is 10.2. The summed E-state index contributed by atoms with van der Waals surface area (Å²) in [5.41, 5.74) is 1.92. The summed E-state index contributed by atoms with van der Waals surface area (Å²) in [6.07, 6.45) is 1.72. The Morgan fingerprint density at radius 3 is 2.86 bits per heavy atom. The van der Waals surface area contributed by atoms with Gasteiger partial charge in [0.1, 0.15) is 6.61 Å². The molecule has 74 valence electrons. The highest BCUT2D eigenvalue weighted by molar-refractivity contribution is 5.68. The smallest absolute Gasteiger partial charge is 0.329 e. The average Bonchev–Trinajstić information content (AvgIpc) is 2.18. The summed E-state index contributed by atoms with van der Waals surface area (Å²) >= 11 is 0. The van der Waals surface area contributed by atoms with Gasteiger partial charge in [0.05, 0.1) is 6.61 Å². The van der Waals surface area contributed by atoms with E-state index in [1.54, 1.807) is 6.08 Å². The molecule has 14 heavy (non-hydrogen) atoms. The molecule has 0 saturated heterocycles. The summed E-state index contributed by atoms with van der Waals surface area (Å²) in [7, 11) is 0. The maximum Gasteiger partial charge on any atom is 0.329 e. The minimum Gasteiger partial charge on any atom is -0.480 e. The molecule has 0 fully saturated rings. The number of hydrogen-bond acceptors (Lipinski definition) is 2. The van der Waals surface area contributed by atoms with Crippen LogP contribution in [0.4, 0.5) is 0 Å². The van der Waals surface area contributed by atoms with Crippen molar-refractivity contribution in [3.8, 4) is 0 Å². The van der Waals surface area contributed by atoms with Gasteiger partial charge in [0.25, 0.3) is 0 Å². The van der Waals surface area contributed by atoms with Crippen molar-refractivity contribution in [3.05, 3.63) is 42.0 Å². The summed E-state index contributed by atoms with van der Waals surface area (Å²) in [5, 5.41) is 8.37. The predicted molar refractivity (Wildman–Crippen MR) is 53.8 cm³/mol. The summed E-state index contributed by atoms with van der Waals surface area (Å²) in [6, 6.07) is 7.58. The Labute approximate surface area is 82.6 Å². The van der Waals surface area contributed by atoms with Gasteiger partial charge in [0, 0.05) is 0 Å². The molecule has 0 aliphatic carbocycles. The molecule has 0 aliphatic rings. The van der Waals surface area contributed by atoms with Gasteiger partial charge in [-0.05, 0) is 11.1 Å². The number of carbonyl (C=O) groups is 1. The van der Waals surface area contributed by atoms with Gasteiger partial charge in [-0.15, -0.1) is 0 Å². The fourth-order valence-electron chi connectivity index (χ4n) is 1.11. The third kappa shape index (κ3) is 3.03. The lowest BCUT2D eigenvalue weighted by atomic mass is 10.1. The van der Waals surface area contributed by atoms with Crippen molar-refractivity contribution < 1.29 is 14.6 Å². The molecule has 0 spiro atoms. The highest BCUT2D eigenvalue weighted by Crippen LogP contribution is 2.10. The summed E-state index contributed by atoms with van der Waals surface area (Å²) in [6.45, 7) is 3.69. The Hall–Kier alpha value is -1.61. The van der Waals surface area contributed by atoms with Crippen molar-refractivity contribution in [2.75, 3.05) is 6.61 Å². The molecule has 1 aromatic rings. The summed E-state index contributed by atoms with van der Waals surface area (Å²) < 4.78 is 4.98. The van der Waals surface area contributed by atoms with Crippen LogP contribution in [0.3, 0.4) is 0 Å². The third-order valence-corrected chi connectivity index (χ3v) is 1.76. The topological polar surface area (TPSA) is 46.5 Å². The van der Waals surface area contributed by atoms with Crippen LogP contribution in [-0.4, -0.2) is 17.7 Å². The minimum atomic E-state index is -0.957. The second-order valence-corrected chi connectivity index (χ2v) is 2.79. The van der Waals surface area contributed by atoms with Gasteiger partial charge in [-0.1, -0.05) is 36.9 Å². The normalized spacial score (nSPS) is 9.71. The van der Waals surface area contributed by atoms with Gasteiger partial charge >= 0.3 is 5.97 Å². The van der Waals surface area contributed by atoms with Gasteiger partial charge in [-0.2, -0.15) is 0 Å². The van der Waals surface area contributed by atoms with Crippen LogP contribution in [0, 0.1) is 0 Å². The number of carboxylic acid groups (broad SMARTS) is 1. The van der Waals surface area contributed by atoms with Crippen molar-refractivity contribution in [1.29, 1.82) is 0 Å². The zero-order valence-corrected chi connectivity index (χ0v) is 7.77. The highest BCUT2D eigenvalue weighted by atomic mass is 16.5. The SMILES string of the molecule is C=Cc1ccccc1COCC(=O)O. The van der Waals surface area contributed by atoms with E-state index in [-0.39, 0.29) is 6.61 Å². The maximum absolute atomic E-state index is 10.2. The molecular weight excluding hydrogens is 180 g/mol. The van der Waals surface area contributed by atoms with E-state index in [1.807, 2.05) is 24.3 Å². The van der Waals surface area contributed by atoms with E-state index < -0.39 is 5.97 Å². The first kappa shape index (κ1) is 10.5. The Bertz CT molecular complexity index is 331. The van der Waals surface area contributed by atoms with Crippen molar-refractivity contribution in [2.45, 2.75) is 6.61 Å². The Kier molecular flexibility index (Phi) is 3.88. The summed E-state index contributed by atoms with van der Waals surface area (Å²) in [5.74, 6) is -0.957. The van der Waals surface area contributed by atoms with Crippen LogP contribution in [-0.2, 0) is 16.1 Å². The van der Waals surface area contributed by atoms with E-state index >= 15 is 0 Å². The lowest BCUT2D eigenvalue weighted by molar-refractivity contribution is -0.142. The van der Waals surface area contributed by atoms with Gasteiger partial charge in [0.2, 0.25) is 0 Å². The van der Waals surface area contributed by atoms with Crippen LogP contribution in [0.1, 0.15) is 11.1 Å². The number of hydrogen-bond donors (Lipinski definition) is 1. The van der Waals surface area contributed by atoms with Crippen LogP contribution in [0.15, 0.2) is 30.8 Å². The van der Waals surface area contributed by atoms with Gasteiger partial charge < -0.3 is 9.84 Å². The van der Waals surface area contributed by atoms with Crippen LogP contribution in [0.25, 0.3) is 6.08 Å². The molecule has 3 heteroatoms. The molecule has 3 nitrogen and oxygen atoms in total. The van der Waals surface area contributed by atoms with Gasteiger partial charge in [0.15, 0.2) is 0 Å². The molecule has 0 heterocycles. The molecule has 1 aromatic carbocycles. The Morgan fingerprint density at radius 1 is 1.50 bits per heavy atom. The largest absolute Gasteiger partial charge is 0.480 e. The highest BCUT2D eigenvalue weighted by Gasteiger charge is 2.00. The second kappa shape index (κ2) is 5.19. The monoisotopic (exact) mass is 192 g/mol. The van der Waals surface area contributed by atoms with E-state index in [0.717, 1.165) is 11.1 Å².